The molecule has 98 valence electrons. The van der Waals surface area contributed by atoms with Crippen LogP contribution in [0.15, 0.2) is 18.2 Å². The van der Waals surface area contributed by atoms with Crippen molar-refractivity contribution in [1.29, 1.82) is 0 Å². The Morgan fingerprint density at radius 1 is 1.44 bits per heavy atom. The van der Waals surface area contributed by atoms with E-state index in [2.05, 4.69) is 5.32 Å². The first-order valence-electron chi connectivity index (χ1n) is 5.37. The van der Waals surface area contributed by atoms with Gasteiger partial charge in [-0.05, 0) is 24.1 Å². The van der Waals surface area contributed by atoms with Gasteiger partial charge in [0, 0.05) is 11.0 Å². The zero-order valence-electron chi connectivity index (χ0n) is 10.0. The molecule has 0 aliphatic carbocycles. The summed E-state index contributed by atoms with van der Waals surface area (Å²) >= 11 is 7.09. The number of carbonyl (C=O) groups excluding carboxylic acids is 1. The molecule has 0 aliphatic heterocycles. The summed E-state index contributed by atoms with van der Waals surface area (Å²) in [6.07, 6.45) is 2.91. The summed E-state index contributed by atoms with van der Waals surface area (Å²) in [6, 6.07) is 2.64. The Morgan fingerprint density at radius 2 is 2.11 bits per heavy atom. The van der Waals surface area contributed by atoms with E-state index < -0.39 is 17.9 Å². The summed E-state index contributed by atoms with van der Waals surface area (Å²) in [7, 11) is 0. The predicted molar refractivity (Wildman–Crippen MR) is 72.8 cm³/mol. The first-order chi connectivity index (χ1) is 8.40. The molecule has 18 heavy (non-hydrogen) atoms. The molecule has 2 N–H and O–H groups in total. The Kier molecular flexibility index (Phi) is 5.37. The zero-order chi connectivity index (χ0) is 13.7. The highest BCUT2D eigenvalue weighted by molar-refractivity contribution is 7.17. The average Bonchev–Trinajstić information content (AvgIpc) is 2.68. The maximum atomic E-state index is 11.6. The van der Waals surface area contributed by atoms with Crippen LogP contribution in [-0.4, -0.2) is 23.0 Å². The Hall–Kier alpha value is -1.33. The van der Waals surface area contributed by atoms with Crippen molar-refractivity contribution in [2.24, 2.45) is 5.92 Å². The van der Waals surface area contributed by atoms with Crippen LogP contribution in [0.3, 0.4) is 0 Å². The Bertz CT molecular complexity index is 468. The van der Waals surface area contributed by atoms with Crippen LogP contribution >= 0.6 is 22.9 Å². The fourth-order valence-electron chi connectivity index (χ4n) is 1.29. The number of hydrogen-bond donors (Lipinski definition) is 2. The molecule has 6 heteroatoms. The van der Waals surface area contributed by atoms with Gasteiger partial charge in [0.2, 0.25) is 5.91 Å². The van der Waals surface area contributed by atoms with E-state index in [0.29, 0.717) is 4.34 Å². The van der Waals surface area contributed by atoms with E-state index in [4.69, 9.17) is 16.7 Å². The predicted octanol–water partition coefficient (Wildman–Crippen LogP) is 2.64. The molecule has 0 unspecified atom stereocenters. The van der Waals surface area contributed by atoms with Gasteiger partial charge in [-0.3, -0.25) is 4.79 Å². The third-order valence-electron chi connectivity index (χ3n) is 2.22. The minimum atomic E-state index is -1.04. The normalized spacial score (nSPS) is 12.9. The van der Waals surface area contributed by atoms with E-state index in [9.17, 15) is 9.59 Å². The zero-order valence-corrected chi connectivity index (χ0v) is 11.6. The van der Waals surface area contributed by atoms with E-state index >= 15 is 0 Å². The van der Waals surface area contributed by atoms with E-state index in [1.165, 1.54) is 17.4 Å². The van der Waals surface area contributed by atoms with E-state index in [-0.39, 0.29) is 5.92 Å². The molecule has 0 aromatic carbocycles. The number of amides is 1. The number of rotatable bonds is 5. The molecule has 1 atom stereocenters. The molecule has 1 aromatic heterocycles. The quantitative estimate of drug-likeness (QED) is 0.818. The molecule has 1 heterocycles. The monoisotopic (exact) mass is 287 g/mol. The lowest BCUT2D eigenvalue weighted by Crippen LogP contribution is -2.43. The van der Waals surface area contributed by atoms with Crippen LogP contribution in [0.1, 0.15) is 18.7 Å². The second kappa shape index (κ2) is 6.56. The van der Waals surface area contributed by atoms with Crippen LogP contribution in [0.4, 0.5) is 0 Å². The number of carboxylic acids is 1. The molecule has 1 amide bonds. The van der Waals surface area contributed by atoms with Gasteiger partial charge in [0.15, 0.2) is 0 Å². The van der Waals surface area contributed by atoms with E-state index in [1.54, 1.807) is 32.1 Å². The molecule has 0 spiro atoms. The molecule has 0 radical (unpaired) electrons. The van der Waals surface area contributed by atoms with Crippen molar-refractivity contribution >= 4 is 40.9 Å². The van der Waals surface area contributed by atoms with Crippen LogP contribution in [0.2, 0.25) is 4.34 Å². The van der Waals surface area contributed by atoms with Gasteiger partial charge >= 0.3 is 5.97 Å². The summed E-state index contributed by atoms with van der Waals surface area (Å²) in [5.41, 5.74) is 0. The molecule has 0 fully saturated rings. The Morgan fingerprint density at radius 3 is 2.56 bits per heavy atom. The second-order valence-corrected chi connectivity index (χ2v) is 5.79. The fourth-order valence-corrected chi connectivity index (χ4v) is 2.25. The van der Waals surface area contributed by atoms with Crippen molar-refractivity contribution in [2.45, 2.75) is 19.9 Å². The van der Waals surface area contributed by atoms with Crippen molar-refractivity contribution in [2.75, 3.05) is 0 Å². The van der Waals surface area contributed by atoms with Crippen LogP contribution in [-0.2, 0) is 9.59 Å². The lowest BCUT2D eigenvalue weighted by molar-refractivity contribution is -0.142. The van der Waals surface area contributed by atoms with Crippen molar-refractivity contribution in [3.8, 4) is 0 Å². The lowest BCUT2D eigenvalue weighted by Gasteiger charge is -2.16. The largest absolute Gasteiger partial charge is 0.480 e. The highest BCUT2D eigenvalue weighted by atomic mass is 35.5. The standard InChI is InChI=1S/C12H14ClNO3S/c1-7(2)11(12(16)17)14-10(15)6-4-8-3-5-9(13)18-8/h3-7,11H,1-2H3,(H,14,15)(H,16,17)/t11-/m1/s1. The van der Waals surface area contributed by atoms with Gasteiger partial charge in [-0.15, -0.1) is 11.3 Å². The van der Waals surface area contributed by atoms with Gasteiger partial charge in [-0.25, -0.2) is 4.79 Å². The lowest BCUT2D eigenvalue weighted by atomic mass is 10.0. The number of halogens is 1. The molecule has 4 nitrogen and oxygen atoms in total. The molecule has 0 saturated heterocycles. The number of carbonyl (C=O) groups is 2. The van der Waals surface area contributed by atoms with Crippen LogP contribution in [0, 0.1) is 5.92 Å². The minimum absolute atomic E-state index is 0.170. The third-order valence-corrected chi connectivity index (χ3v) is 3.42. The van der Waals surface area contributed by atoms with Crippen LogP contribution in [0.25, 0.3) is 6.08 Å². The maximum absolute atomic E-state index is 11.6. The van der Waals surface area contributed by atoms with Crippen molar-refractivity contribution in [1.82, 2.24) is 5.32 Å². The van der Waals surface area contributed by atoms with E-state index in [0.717, 1.165) is 4.88 Å². The molecule has 0 saturated carbocycles. The van der Waals surface area contributed by atoms with Gasteiger partial charge in [-0.1, -0.05) is 25.4 Å². The molecule has 0 bridgehead atoms. The smallest absolute Gasteiger partial charge is 0.326 e. The topological polar surface area (TPSA) is 66.4 Å². The van der Waals surface area contributed by atoms with Crippen molar-refractivity contribution in [3.05, 3.63) is 27.4 Å². The highest BCUT2D eigenvalue weighted by Crippen LogP contribution is 2.22. The molecule has 0 aliphatic rings. The Balaban J connectivity index is 2.60. The number of aliphatic carboxylic acids is 1. The summed E-state index contributed by atoms with van der Waals surface area (Å²) in [4.78, 5) is 23.3. The Labute approximate surface area is 114 Å². The summed E-state index contributed by atoms with van der Waals surface area (Å²) < 4.78 is 0.639. The SMILES string of the molecule is CC(C)[C@@H](NC(=O)C=Cc1ccc(Cl)s1)C(=O)O. The van der Waals surface area contributed by atoms with Crippen LogP contribution in [0.5, 0.6) is 0 Å². The van der Waals surface area contributed by atoms with Crippen LogP contribution < -0.4 is 5.32 Å². The minimum Gasteiger partial charge on any atom is -0.480 e. The molecule has 1 rings (SSSR count). The second-order valence-electron chi connectivity index (χ2n) is 4.04. The molecular formula is C12H14ClNO3S. The number of thiophene rings is 1. The first kappa shape index (κ1) is 14.7. The highest BCUT2D eigenvalue weighted by Gasteiger charge is 2.22. The van der Waals surface area contributed by atoms with E-state index in [1.807, 2.05) is 0 Å². The van der Waals surface area contributed by atoms with Crippen molar-refractivity contribution in [3.63, 3.8) is 0 Å². The van der Waals surface area contributed by atoms with Gasteiger partial charge < -0.3 is 10.4 Å². The number of carboxylic acid groups (broad SMARTS) is 1. The first-order valence-corrected chi connectivity index (χ1v) is 6.56. The average molecular weight is 288 g/mol. The summed E-state index contributed by atoms with van der Waals surface area (Å²) in [5.74, 6) is -1.64. The summed E-state index contributed by atoms with van der Waals surface area (Å²) in [5, 5.41) is 11.4. The van der Waals surface area contributed by atoms with Crippen molar-refractivity contribution < 1.29 is 14.7 Å². The summed E-state index contributed by atoms with van der Waals surface area (Å²) in [6.45, 7) is 3.48. The van der Waals surface area contributed by atoms with Gasteiger partial charge in [-0.2, -0.15) is 0 Å². The van der Waals surface area contributed by atoms with Gasteiger partial charge in [0.1, 0.15) is 6.04 Å². The van der Waals surface area contributed by atoms with Gasteiger partial charge in [0.25, 0.3) is 0 Å². The number of nitrogens with one attached hydrogen (secondary N) is 1. The maximum Gasteiger partial charge on any atom is 0.326 e. The molecular weight excluding hydrogens is 274 g/mol. The molecule has 1 aromatic rings. The number of hydrogen-bond acceptors (Lipinski definition) is 3. The third kappa shape index (κ3) is 4.50. The fraction of sp³-hybridized carbons (Fsp3) is 0.333. The van der Waals surface area contributed by atoms with Gasteiger partial charge in [0.05, 0.1) is 4.34 Å².